The van der Waals surface area contributed by atoms with Gasteiger partial charge in [-0.1, -0.05) is 12.1 Å². The third-order valence-corrected chi connectivity index (χ3v) is 3.54. The van der Waals surface area contributed by atoms with Gasteiger partial charge < -0.3 is 15.4 Å². The number of nitrogens with one attached hydrogen (secondary N) is 2. The number of ether oxygens (including phenoxy) is 1. The second-order valence-corrected chi connectivity index (χ2v) is 5.10. The summed E-state index contributed by atoms with van der Waals surface area (Å²) in [7, 11) is 5.31. The number of guanidine groups is 1. The molecule has 0 saturated carbocycles. The van der Waals surface area contributed by atoms with Gasteiger partial charge in [-0.15, -0.1) is 24.0 Å². The molecule has 132 valence electrons. The second-order valence-electron chi connectivity index (χ2n) is 5.10. The summed E-state index contributed by atoms with van der Waals surface area (Å²) in [4.78, 5) is 8.37. The summed E-state index contributed by atoms with van der Waals surface area (Å²) in [6, 6.07) is 8.17. The molecular weight excluding hydrogens is 419 g/mol. The SMILES string of the molecule is CN=C(NCCCc1ccc(OC)cc1)NCc1ncnn1C.I. The van der Waals surface area contributed by atoms with Crippen molar-refractivity contribution >= 4 is 29.9 Å². The van der Waals surface area contributed by atoms with Crippen LogP contribution >= 0.6 is 24.0 Å². The molecule has 0 aliphatic rings. The first kappa shape index (κ1) is 20.2. The van der Waals surface area contributed by atoms with Crippen molar-refractivity contribution in [2.24, 2.45) is 12.0 Å². The van der Waals surface area contributed by atoms with Crippen LogP contribution in [0.15, 0.2) is 35.6 Å². The molecule has 7 nitrogen and oxygen atoms in total. The van der Waals surface area contributed by atoms with E-state index in [9.17, 15) is 0 Å². The molecule has 0 saturated heterocycles. The number of halogens is 1. The highest BCUT2D eigenvalue weighted by molar-refractivity contribution is 14.0. The maximum Gasteiger partial charge on any atom is 0.191 e. The first-order chi connectivity index (χ1) is 11.2. The standard InChI is InChI=1S/C16H24N6O.HI/c1-17-16(19-11-15-20-12-21-22(15)2)18-10-4-5-13-6-8-14(23-3)9-7-13;/h6-9,12H,4-5,10-11H2,1-3H3,(H2,17,18,19);1H. The largest absolute Gasteiger partial charge is 0.497 e. The average molecular weight is 444 g/mol. The topological polar surface area (TPSA) is 76.4 Å². The van der Waals surface area contributed by atoms with E-state index in [0.717, 1.165) is 36.9 Å². The molecule has 0 amide bonds. The molecule has 0 aliphatic carbocycles. The predicted octanol–water partition coefficient (Wildman–Crippen LogP) is 1.74. The Kier molecular flexibility index (Phi) is 9.13. The quantitative estimate of drug-likeness (QED) is 0.295. The highest BCUT2D eigenvalue weighted by Gasteiger charge is 2.02. The van der Waals surface area contributed by atoms with E-state index in [0.29, 0.717) is 6.54 Å². The van der Waals surface area contributed by atoms with E-state index < -0.39 is 0 Å². The van der Waals surface area contributed by atoms with Crippen molar-refractivity contribution < 1.29 is 4.74 Å². The number of hydrogen-bond donors (Lipinski definition) is 2. The number of aliphatic imine (C=N–C) groups is 1. The van der Waals surface area contributed by atoms with Crippen molar-refractivity contribution in [2.75, 3.05) is 20.7 Å². The van der Waals surface area contributed by atoms with E-state index in [1.807, 2.05) is 19.2 Å². The molecule has 0 unspecified atom stereocenters. The van der Waals surface area contributed by atoms with Crippen LogP contribution in [0, 0.1) is 0 Å². The lowest BCUT2D eigenvalue weighted by Crippen LogP contribution is -2.38. The maximum atomic E-state index is 5.16. The number of aromatic nitrogens is 3. The lowest BCUT2D eigenvalue weighted by Gasteiger charge is -2.11. The van der Waals surface area contributed by atoms with Gasteiger partial charge in [0.1, 0.15) is 17.9 Å². The van der Waals surface area contributed by atoms with Gasteiger partial charge in [-0.3, -0.25) is 9.67 Å². The molecule has 0 fully saturated rings. The number of aryl methyl sites for hydroxylation is 2. The summed E-state index contributed by atoms with van der Waals surface area (Å²) in [5.41, 5.74) is 1.30. The fourth-order valence-corrected chi connectivity index (χ4v) is 2.16. The Morgan fingerprint density at radius 1 is 1.25 bits per heavy atom. The molecule has 0 radical (unpaired) electrons. The Morgan fingerprint density at radius 2 is 2.00 bits per heavy atom. The van der Waals surface area contributed by atoms with Gasteiger partial charge in [-0.25, -0.2) is 4.98 Å². The Labute approximate surface area is 159 Å². The lowest BCUT2D eigenvalue weighted by atomic mass is 10.1. The van der Waals surface area contributed by atoms with Crippen molar-refractivity contribution in [1.82, 2.24) is 25.4 Å². The molecule has 0 bridgehead atoms. The number of nitrogens with zero attached hydrogens (tertiary/aromatic N) is 4. The van der Waals surface area contributed by atoms with Crippen LogP contribution in [-0.4, -0.2) is 41.4 Å². The van der Waals surface area contributed by atoms with Gasteiger partial charge in [0.15, 0.2) is 5.96 Å². The van der Waals surface area contributed by atoms with Crippen molar-refractivity contribution in [2.45, 2.75) is 19.4 Å². The smallest absolute Gasteiger partial charge is 0.191 e. The van der Waals surface area contributed by atoms with Crippen LogP contribution in [0.4, 0.5) is 0 Å². The van der Waals surface area contributed by atoms with Gasteiger partial charge in [0.25, 0.3) is 0 Å². The highest BCUT2D eigenvalue weighted by atomic mass is 127. The third-order valence-electron chi connectivity index (χ3n) is 3.54. The fourth-order valence-electron chi connectivity index (χ4n) is 2.16. The zero-order chi connectivity index (χ0) is 16.5. The summed E-state index contributed by atoms with van der Waals surface area (Å²) in [6.45, 7) is 1.44. The van der Waals surface area contributed by atoms with Crippen LogP contribution in [0.3, 0.4) is 0 Å². The van der Waals surface area contributed by atoms with Gasteiger partial charge in [-0.05, 0) is 30.5 Å². The lowest BCUT2D eigenvalue weighted by molar-refractivity contribution is 0.414. The minimum Gasteiger partial charge on any atom is -0.497 e. The molecule has 0 aliphatic heterocycles. The molecule has 0 spiro atoms. The molecule has 8 heteroatoms. The van der Waals surface area contributed by atoms with Crippen LogP contribution in [0.2, 0.25) is 0 Å². The summed E-state index contributed by atoms with van der Waals surface area (Å²) in [6.07, 6.45) is 3.58. The zero-order valence-electron chi connectivity index (χ0n) is 14.3. The molecule has 0 atom stereocenters. The van der Waals surface area contributed by atoms with Crippen LogP contribution < -0.4 is 15.4 Å². The minimum atomic E-state index is 0. The molecule has 2 aromatic rings. The van der Waals surface area contributed by atoms with E-state index in [4.69, 9.17) is 4.74 Å². The van der Waals surface area contributed by atoms with Gasteiger partial charge in [0.2, 0.25) is 0 Å². The molecule has 1 aromatic carbocycles. The summed E-state index contributed by atoms with van der Waals surface area (Å²) in [5.74, 6) is 2.52. The molecule has 24 heavy (non-hydrogen) atoms. The molecule has 2 N–H and O–H groups in total. The van der Waals surface area contributed by atoms with Gasteiger partial charge in [0, 0.05) is 20.6 Å². The molecule has 2 rings (SSSR count). The van der Waals surface area contributed by atoms with Gasteiger partial charge in [-0.2, -0.15) is 5.10 Å². The monoisotopic (exact) mass is 444 g/mol. The van der Waals surface area contributed by atoms with Crippen LogP contribution in [0.5, 0.6) is 5.75 Å². The number of hydrogen-bond acceptors (Lipinski definition) is 4. The Balaban J connectivity index is 0.00000288. The molecule has 1 heterocycles. The van der Waals surface area contributed by atoms with Crippen molar-refractivity contribution in [1.29, 1.82) is 0 Å². The molecular formula is C16H25IN6O. The third kappa shape index (κ3) is 6.34. The Bertz CT molecular complexity index is 626. The summed E-state index contributed by atoms with van der Waals surface area (Å²) >= 11 is 0. The average Bonchev–Trinajstić information content (AvgIpc) is 3.00. The van der Waals surface area contributed by atoms with Gasteiger partial charge in [0.05, 0.1) is 13.7 Å². The van der Waals surface area contributed by atoms with E-state index in [1.54, 1.807) is 25.2 Å². The number of methoxy groups -OCH3 is 1. The number of benzene rings is 1. The Morgan fingerprint density at radius 3 is 2.58 bits per heavy atom. The first-order valence-corrected chi connectivity index (χ1v) is 7.63. The van der Waals surface area contributed by atoms with Crippen molar-refractivity contribution in [3.8, 4) is 5.75 Å². The summed E-state index contributed by atoms with van der Waals surface area (Å²) < 4.78 is 6.90. The van der Waals surface area contributed by atoms with E-state index in [2.05, 4.69) is 37.8 Å². The summed E-state index contributed by atoms with van der Waals surface area (Å²) in [5, 5.41) is 10.6. The molecule has 1 aromatic heterocycles. The zero-order valence-corrected chi connectivity index (χ0v) is 16.7. The van der Waals surface area contributed by atoms with E-state index in [1.165, 1.54) is 5.56 Å². The van der Waals surface area contributed by atoms with Crippen LogP contribution in [0.25, 0.3) is 0 Å². The maximum absolute atomic E-state index is 5.16. The first-order valence-electron chi connectivity index (χ1n) is 7.63. The predicted molar refractivity (Wildman–Crippen MR) is 106 cm³/mol. The normalized spacial score (nSPS) is 10.9. The van der Waals surface area contributed by atoms with E-state index in [-0.39, 0.29) is 24.0 Å². The van der Waals surface area contributed by atoms with Crippen LogP contribution in [0.1, 0.15) is 17.8 Å². The minimum absolute atomic E-state index is 0. The number of rotatable bonds is 7. The Hall–Kier alpha value is -1.84. The highest BCUT2D eigenvalue weighted by Crippen LogP contribution is 2.12. The van der Waals surface area contributed by atoms with Gasteiger partial charge >= 0.3 is 0 Å². The van der Waals surface area contributed by atoms with E-state index >= 15 is 0 Å². The fraction of sp³-hybridized carbons (Fsp3) is 0.438. The van der Waals surface area contributed by atoms with Crippen LogP contribution in [-0.2, 0) is 20.0 Å². The van der Waals surface area contributed by atoms with Crippen molar-refractivity contribution in [3.05, 3.63) is 42.0 Å². The van der Waals surface area contributed by atoms with Crippen molar-refractivity contribution in [3.63, 3.8) is 0 Å². The second kappa shape index (κ2) is 10.8.